The summed E-state index contributed by atoms with van der Waals surface area (Å²) in [5.74, 6) is -1.05. The molecule has 3 nitrogen and oxygen atoms in total. The molecule has 0 aliphatic rings. The third kappa shape index (κ3) is 3.16. The van der Waals surface area contributed by atoms with E-state index in [1.165, 1.54) is 0 Å². The van der Waals surface area contributed by atoms with Crippen molar-refractivity contribution >= 4 is 11.9 Å². The molecule has 0 heterocycles. The van der Waals surface area contributed by atoms with E-state index in [1.807, 2.05) is 26.0 Å². The summed E-state index contributed by atoms with van der Waals surface area (Å²) < 4.78 is 4.90. The molecule has 0 aromatic heterocycles. The van der Waals surface area contributed by atoms with Crippen LogP contribution in [0.3, 0.4) is 0 Å². The minimum Gasteiger partial charge on any atom is -0.389 e. The molecule has 0 aliphatic carbocycles. The smallest absolute Gasteiger partial charge is 0.346 e. The van der Waals surface area contributed by atoms with Crippen molar-refractivity contribution in [1.82, 2.24) is 0 Å². The summed E-state index contributed by atoms with van der Waals surface area (Å²) in [4.78, 5) is 23.5. The highest BCUT2D eigenvalue weighted by Crippen LogP contribution is 2.22. The van der Waals surface area contributed by atoms with Crippen molar-refractivity contribution in [3.63, 3.8) is 0 Å². The topological polar surface area (TPSA) is 43.4 Å². The predicted molar refractivity (Wildman–Crippen MR) is 65.7 cm³/mol. The fourth-order valence-corrected chi connectivity index (χ4v) is 1.22. The van der Waals surface area contributed by atoms with Crippen LogP contribution in [0.4, 0.5) is 0 Å². The predicted octanol–water partition coefficient (Wildman–Crippen LogP) is 3.11. The minimum absolute atomic E-state index is 0.438. The lowest BCUT2D eigenvalue weighted by Crippen LogP contribution is -2.28. The summed E-state index contributed by atoms with van der Waals surface area (Å²) in [6, 6.07) is 7.05. The Balaban J connectivity index is 2.81. The largest absolute Gasteiger partial charge is 0.389 e. The number of esters is 2. The highest BCUT2D eigenvalue weighted by Gasteiger charge is 2.29. The van der Waals surface area contributed by atoms with E-state index in [-0.39, 0.29) is 0 Å². The molecule has 17 heavy (non-hydrogen) atoms. The lowest BCUT2D eigenvalue weighted by Gasteiger charge is -2.19. The summed E-state index contributed by atoms with van der Waals surface area (Å²) in [7, 11) is 0. The number of ether oxygens (including phenoxy) is 1. The molecule has 1 rings (SSSR count). The van der Waals surface area contributed by atoms with Crippen molar-refractivity contribution in [2.24, 2.45) is 5.41 Å². The summed E-state index contributed by atoms with van der Waals surface area (Å²) in [6.07, 6.45) is 0.632. The number of carbonyl (C=O) groups excluding carboxylic acids is 2. The van der Waals surface area contributed by atoms with Crippen LogP contribution in [0.2, 0.25) is 0 Å². The number of aryl methyl sites for hydroxylation is 1. The zero-order chi connectivity index (χ0) is 13.1. The summed E-state index contributed by atoms with van der Waals surface area (Å²) >= 11 is 0. The van der Waals surface area contributed by atoms with Crippen LogP contribution in [-0.2, 0) is 9.53 Å². The average Bonchev–Trinajstić information content (AvgIpc) is 2.29. The van der Waals surface area contributed by atoms with Gasteiger partial charge in [-0.25, -0.2) is 4.79 Å². The first kappa shape index (κ1) is 13.4. The molecule has 0 unspecified atom stereocenters. The van der Waals surface area contributed by atoms with Crippen molar-refractivity contribution in [1.29, 1.82) is 0 Å². The molecule has 0 atom stereocenters. The van der Waals surface area contributed by atoms with Gasteiger partial charge in [-0.15, -0.1) is 0 Å². The average molecular weight is 234 g/mol. The van der Waals surface area contributed by atoms with Crippen LogP contribution in [0.1, 0.15) is 43.1 Å². The van der Waals surface area contributed by atoms with Gasteiger partial charge in [-0.2, -0.15) is 0 Å². The number of benzene rings is 1. The van der Waals surface area contributed by atoms with Crippen LogP contribution < -0.4 is 0 Å². The standard InChI is InChI=1S/C14H18O3/c1-5-14(3,4)13(16)17-12(15)11-9-7-6-8-10(11)2/h6-9H,5H2,1-4H3. The molecule has 0 saturated carbocycles. The summed E-state index contributed by atoms with van der Waals surface area (Å²) in [5, 5.41) is 0. The Morgan fingerprint density at radius 1 is 1.24 bits per heavy atom. The van der Waals surface area contributed by atoms with E-state index in [4.69, 9.17) is 4.74 Å². The molecule has 0 fully saturated rings. The van der Waals surface area contributed by atoms with E-state index in [0.717, 1.165) is 5.56 Å². The second-order valence-electron chi connectivity index (χ2n) is 4.73. The molecule has 0 N–H and O–H groups in total. The van der Waals surface area contributed by atoms with Gasteiger partial charge in [0.25, 0.3) is 0 Å². The van der Waals surface area contributed by atoms with Crippen molar-refractivity contribution in [2.75, 3.05) is 0 Å². The number of hydrogen-bond donors (Lipinski definition) is 0. The second-order valence-corrected chi connectivity index (χ2v) is 4.73. The van der Waals surface area contributed by atoms with E-state index in [2.05, 4.69) is 0 Å². The molecule has 92 valence electrons. The molecule has 0 saturated heterocycles. The number of rotatable bonds is 3. The van der Waals surface area contributed by atoms with E-state index in [1.54, 1.807) is 26.0 Å². The highest BCUT2D eigenvalue weighted by atomic mass is 16.6. The van der Waals surface area contributed by atoms with Crippen LogP contribution >= 0.6 is 0 Å². The minimum atomic E-state index is -0.627. The highest BCUT2D eigenvalue weighted by molar-refractivity contribution is 5.99. The SMILES string of the molecule is CCC(C)(C)C(=O)OC(=O)c1ccccc1C. The van der Waals surface area contributed by atoms with Gasteiger partial charge in [-0.3, -0.25) is 4.79 Å². The van der Waals surface area contributed by atoms with Gasteiger partial charge >= 0.3 is 11.9 Å². The zero-order valence-corrected chi connectivity index (χ0v) is 10.7. The maximum absolute atomic E-state index is 11.8. The van der Waals surface area contributed by atoms with Crippen LogP contribution in [0.25, 0.3) is 0 Å². The van der Waals surface area contributed by atoms with Crippen LogP contribution in [0, 0.1) is 12.3 Å². The first-order valence-electron chi connectivity index (χ1n) is 5.70. The molecule has 0 radical (unpaired) electrons. The molecular weight excluding hydrogens is 216 g/mol. The Hall–Kier alpha value is -1.64. The number of hydrogen-bond acceptors (Lipinski definition) is 3. The molecule has 3 heteroatoms. The third-order valence-electron chi connectivity index (χ3n) is 2.99. The fourth-order valence-electron chi connectivity index (χ4n) is 1.22. The van der Waals surface area contributed by atoms with Gasteiger partial charge < -0.3 is 4.74 Å². The second kappa shape index (κ2) is 5.13. The van der Waals surface area contributed by atoms with Gasteiger partial charge in [0, 0.05) is 0 Å². The van der Waals surface area contributed by atoms with Crippen LogP contribution in [0.15, 0.2) is 24.3 Å². The molecule has 0 aliphatic heterocycles. The summed E-state index contributed by atoms with van der Waals surface area (Å²) in [5.41, 5.74) is 0.616. The van der Waals surface area contributed by atoms with Gasteiger partial charge in [-0.1, -0.05) is 25.1 Å². The first-order chi connectivity index (χ1) is 7.88. The van der Waals surface area contributed by atoms with Crippen molar-refractivity contribution in [2.45, 2.75) is 34.1 Å². The number of carbonyl (C=O) groups is 2. The Bertz CT molecular complexity index is 433. The van der Waals surface area contributed by atoms with Crippen LogP contribution in [-0.4, -0.2) is 11.9 Å². The molecule has 0 spiro atoms. The maximum Gasteiger partial charge on any atom is 0.346 e. The summed E-state index contributed by atoms with van der Waals surface area (Å²) in [6.45, 7) is 7.23. The molecule has 1 aromatic rings. The van der Waals surface area contributed by atoms with E-state index >= 15 is 0 Å². The van der Waals surface area contributed by atoms with Crippen molar-refractivity contribution in [3.8, 4) is 0 Å². The third-order valence-corrected chi connectivity index (χ3v) is 2.99. The Morgan fingerprint density at radius 2 is 1.82 bits per heavy atom. The van der Waals surface area contributed by atoms with Gasteiger partial charge in [0.2, 0.25) is 0 Å². The van der Waals surface area contributed by atoms with Gasteiger partial charge in [0.05, 0.1) is 11.0 Å². The molecule has 0 bridgehead atoms. The monoisotopic (exact) mass is 234 g/mol. The molecule has 1 aromatic carbocycles. The lowest BCUT2D eigenvalue weighted by atomic mass is 9.91. The fraction of sp³-hybridized carbons (Fsp3) is 0.429. The zero-order valence-electron chi connectivity index (χ0n) is 10.7. The van der Waals surface area contributed by atoms with Gasteiger partial charge in [-0.05, 0) is 38.8 Å². The maximum atomic E-state index is 11.8. The van der Waals surface area contributed by atoms with E-state index in [9.17, 15) is 9.59 Å². The van der Waals surface area contributed by atoms with Crippen molar-refractivity contribution in [3.05, 3.63) is 35.4 Å². The Kier molecular flexibility index (Phi) is 4.05. The van der Waals surface area contributed by atoms with Gasteiger partial charge in [0.15, 0.2) is 0 Å². The van der Waals surface area contributed by atoms with E-state index in [0.29, 0.717) is 12.0 Å². The first-order valence-corrected chi connectivity index (χ1v) is 5.70. The molecular formula is C14H18O3. The quantitative estimate of drug-likeness (QED) is 0.596. The Morgan fingerprint density at radius 3 is 2.35 bits per heavy atom. The lowest BCUT2D eigenvalue weighted by molar-refractivity contribution is -0.147. The normalized spacial score (nSPS) is 11.1. The van der Waals surface area contributed by atoms with E-state index < -0.39 is 17.4 Å². The van der Waals surface area contributed by atoms with Crippen molar-refractivity contribution < 1.29 is 14.3 Å². The van der Waals surface area contributed by atoms with Gasteiger partial charge in [0.1, 0.15) is 0 Å². The molecule has 0 amide bonds. The van der Waals surface area contributed by atoms with Crippen LogP contribution in [0.5, 0.6) is 0 Å². The Labute approximate surface area is 102 Å².